The number of pyridine rings is 1. The molecule has 0 bridgehead atoms. The number of carbonyl (C=O) groups is 2. The topological polar surface area (TPSA) is 63.9 Å². The van der Waals surface area contributed by atoms with E-state index >= 15 is 0 Å². The van der Waals surface area contributed by atoms with E-state index in [0.29, 0.717) is 36.8 Å². The fourth-order valence-corrected chi connectivity index (χ4v) is 3.13. The molecule has 126 valence electrons. The number of hydrogen-bond acceptors (Lipinski definition) is 4. The van der Waals surface area contributed by atoms with Crippen LogP contribution in [-0.4, -0.2) is 46.4 Å². The molecule has 24 heavy (non-hydrogen) atoms. The minimum absolute atomic E-state index is 0.0970. The fraction of sp³-hybridized carbons (Fsp3) is 0.353. The highest BCUT2D eigenvalue weighted by Crippen LogP contribution is 2.21. The molecule has 0 atom stereocenters. The van der Waals surface area contributed by atoms with E-state index in [0.717, 1.165) is 5.65 Å². The molecule has 1 aliphatic rings. The van der Waals surface area contributed by atoms with Gasteiger partial charge in [0.25, 0.3) is 0 Å². The lowest BCUT2D eigenvalue weighted by molar-refractivity contribution is -0.148. The highest BCUT2D eigenvalue weighted by atomic mass is 35.5. The number of hydrogen-bond donors (Lipinski definition) is 0. The van der Waals surface area contributed by atoms with Gasteiger partial charge in [0.05, 0.1) is 18.7 Å². The van der Waals surface area contributed by atoms with Gasteiger partial charge in [-0.3, -0.25) is 14.0 Å². The lowest BCUT2D eigenvalue weighted by Gasteiger charge is -2.29. The van der Waals surface area contributed by atoms with Gasteiger partial charge in [0, 0.05) is 25.4 Å². The number of imidazole rings is 1. The molecule has 0 aliphatic carbocycles. The van der Waals surface area contributed by atoms with Crippen LogP contribution >= 0.6 is 11.6 Å². The van der Waals surface area contributed by atoms with Crippen LogP contribution in [0.2, 0.25) is 5.15 Å². The molecular formula is C17H18ClN3O3. The molecule has 1 aliphatic heterocycles. The Morgan fingerprint density at radius 2 is 2.08 bits per heavy atom. The average molecular weight is 348 g/mol. The molecule has 1 fully saturated rings. The van der Waals surface area contributed by atoms with Crippen LogP contribution in [0.15, 0.2) is 30.5 Å². The average Bonchev–Trinajstić information content (AvgIpc) is 2.94. The number of fused-ring (bicyclic) bond motifs is 1. The fourth-order valence-electron chi connectivity index (χ4n) is 2.89. The third kappa shape index (κ3) is 3.28. The predicted molar refractivity (Wildman–Crippen MR) is 90.6 cm³/mol. The maximum Gasteiger partial charge on any atom is 0.308 e. The van der Waals surface area contributed by atoms with Crippen molar-refractivity contribution in [3.8, 4) is 0 Å². The predicted octanol–water partition coefficient (Wildman–Crippen LogP) is 2.41. The van der Waals surface area contributed by atoms with E-state index in [1.165, 1.54) is 13.2 Å². The van der Waals surface area contributed by atoms with Crippen LogP contribution in [0, 0.1) is 5.92 Å². The number of halogens is 1. The van der Waals surface area contributed by atoms with Gasteiger partial charge >= 0.3 is 5.97 Å². The number of esters is 1. The number of aromatic nitrogens is 2. The second-order valence-corrected chi connectivity index (χ2v) is 6.03. The van der Waals surface area contributed by atoms with Gasteiger partial charge in [-0.25, -0.2) is 4.98 Å². The van der Waals surface area contributed by atoms with Gasteiger partial charge in [-0.05, 0) is 31.1 Å². The van der Waals surface area contributed by atoms with Crippen molar-refractivity contribution in [2.24, 2.45) is 5.92 Å². The minimum atomic E-state index is -0.199. The first kappa shape index (κ1) is 16.5. The number of rotatable bonds is 3. The zero-order valence-corrected chi connectivity index (χ0v) is 14.1. The lowest BCUT2D eigenvalue weighted by Crippen LogP contribution is -2.39. The van der Waals surface area contributed by atoms with Crippen LogP contribution in [0.4, 0.5) is 0 Å². The highest BCUT2D eigenvalue weighted by Gasteiger charge is 2.27. The van der Waals surface area contributed by atoms with Gasteiger partial charge in [0.15, 0.2) is 5.15 Å². The first-order valence-electron chi connectivity index (χ1n) is 7.77. The zero-order valence-electron chi connectivity index (χ0n) is 13.3. The van der Waals surface area contributed by atoms with E-state index in [4.69, 9.17) is 16.3 Å². The Balaban J connectivity index is 1.68. The molecule has 0 radical (unpaired) electrons. The third-order valence-electron chi connectivity index (χ3n) is 4.25. The standard InChI is InChI=1S/C17H18ClN3O3/c1-24-17(23)12-7-10-20(11-8-12)15(22)6-5-13-16(18)19-14-4-2-3-9-21(13)14/h2-6,9,12H,7-8,10-11H2,1H3/b6-5+. The molecule has 1 saturated heterocycles. The molecule has 6 nitrogen and oxygen atoms in total. The molecule has 0 unspecified atom stereocenters. The molecule has 0 saturated carbocycles. The Labute approximate surface area is 144 Å². The Hall–Kier alpha value is -2.34. The third-order valence-corrected chi connectivity index (χ3v) is 4.53. The first-order chi connectivity index (χ1) is 11.6. The Morgan fingerprint density at radius 1 is 1.33 bits per heavy atom. The van der Waals surface area contributed by atoms with Gasteiger partial charge < -0.3 is 9.64 Å². The summed E-state index contributed by atoms with van der Waals surface area (Å²) in [5.74, 6) is -0.410. The van der Waals surface area contributed by atoms with Crippen molar-refractivity contribution in [2.45, 2.75) is 12.8 Å². The van der Waals surface area contributed by atoms with Crippen LogP contribution in [0.5, 0.6) is 0 Å². The maximum atomic E-state index is 12.3. The first-order valence-corrected chi connectivity index (χ1v) is 8.15. The smallest absolute Gasteiger partial charge is 0.308 e. The van der Waals surface area contributed by atoms with E-state index in [-0.39, 0.29) is 17.8 Å². The van der Waals surface area contributed by atoms with Gasteiger partial charge in [-0.2, -0.15) is 0 Å². The lowest BCUT2D eigenvalue weighted by atomic mass is 9.97. The molecule has 0 spiro atoms. The summed E-state index contributed by atoms with van der Waals surface area (Å²) in [5.41, 5.74) is 1.40. The molecule has 2 aromatic heterocycles. The van der Waals surface area contributed by atoms with Crippen molar-refractivity contribution in [1.29, 1.82) is 0 Å². The summed E-state index contributed by atoms with van der Waals surface area (Å²) in [4.78, 5) is 29.8. The van der Waals surface area contributed by atoms with Crippen molar-refractivity contribution >= 4 is 35.2 Å². The van der Waals surface area contributed by atoms with Crippen LogP contribution < -0.4 is 0 Å². The molecule has 3 rings (SSSR count). The van der Waals surface area contributed by atoms with E-state index in [1.54, 1.807) is 11.0 Å². The summed E-state index contributed by atoms with van der Waals surface area (Å²) < 4.78 is 6.58. The highest BCUT2D eigenvalue weighted by molar-refractivity contribution is 6.31. The van der Waals surface area contributed by atoms with Crippen molar-refractivity contribution in [3.63, 3.8) is 0 Å². The van der Waals surface area contributed by atoms with E-state index in [9.17, 15) is 9.59 Å². The second-order valence-electron chi connectivity index (χ2n) is 5.67. The second kappa shape index (κ2) is 7.05. The van der Waals surface area contributed by atoms with E-state index in [2.05, 4.69) is 4.98 Å². The normalized spacial score (nSPS) is 16.0. The molecule has 3 heterocycles. The van der Waals surface area contributed by atoms with Gasteiger partial charge in [0.1, 0.15) is 5.65 Å². The van der Waals surface area contributed by atoms with Crippen LogP contribution in [-0.2, 0) is 14.3 Å². The number of methoxy groups -OCH3 is 1. The van der Waals surface area contributed by atoms with E-state index in [1.807, 2.05) is 28.8 Å². The minimum Gasteiger partial charge on any atom is -0.469 e. The van der Waals surface area contributed by atoms with Gasteiger partial charge in [-0.15, -0.1) is 0 Å². The Bertz CT molecular complexity index is 791. The monoisotopic (exact) mass is 347 g/mol. The van der Waals surface area contributed by atoms with E-state index < -0.39 is 0 Å². The number of nitrogens with zero attached hydrogens (tertiary/aromatic N) is 3. The van der Waals surface area contributed by atoms with Crippen molar-refractivity contribution in [3.05, 3.63) is 41.3 Å². The SMILES string of the molecule is COC(=O)C1CCN(C(=O)/C=C/c2c(Cl)nc3ccccn23)CC1. The molecule has 0 aromatic carbocycles. The summed E-state index contributed by atoms with van der Waals surface area (Å²) >= 11 is 6.15. The van der Waals surface area contributed by atoms with Crippen LogP contribution in [0.25, 0.3) is 11.7 Å². The van der Waals surface area contributed by atoms with Crippen LogP contribution in [0.3, 0.4) is 0 Å². The van der Waals surface area contributed by atoms with Crippen molar-refractivity contribution < 1.29 is 14.3 Å². The molecule has 1 amide bonds. The quantitative estimate of drug-likeness (QED) is 0.632. The Kier molecular flexibility index (Phi) is 4.85. The van der Waals surface area contributed by atoms with Crippen molar-refractivity contribution in [2.75, 3.05) is 20.2 Å². The maximum absolute atomic E-state index is 12.3. The molecule has 2 aromatic rings. The molecule has 0 N–H and O–H groups in total. The number of ether oxygens (including phenoxy) is 1. The number of carbonyl (C=O) groups excluding carboxylic acids is 2. The molecular weight excluding hydrogens is 330 g/mol. The Morgan fingerprint density at radius 3 is 2.79 bits per heavy atom. The van der Waals surface area contributed by atoms with Gasteiger partial charge in [-0.1, -0.05) is 17.7 Å². The largest absolute Gasteiger partial charge is 0.469 e. The van der Waals surface area contributed by atoms with Gasteiger partial charge in [0.2, 0.25) is 5.91 Å². The number of piperidine rings is 1. The molecule has 7 heteroatoms. The summed E-state index contributed by atoms with van der Waals surface area (Å²) in [7, 11) is 1.39. The summed E-state index contributed by atoms with van der Waals surface area (Å²) in [6, 6.07) is 5.60. The number of likely N-dealkylation sites (tertiary alicyclic amines) is 1. The summed E-state index contributed by atoms with van der Waals surface area (Å²) in [5, 5.41) is 0.356. The zero-order chi connectivity index (χ0) is 17.1. The van der Waals surface area contributed by atoms with Crippen molar-refractivity contribution in [1.82, 2.24) is 14.3 Å². The summed E-state index contributed by atoms with van der Waals surface area (Å²) in [6.45, 7) is 1.09. The van der Waals surface area contributed by atoms with Crippen LogP contribution in [0.1, 0.15) is 18.5 Å². The summed E-state index contributed by atoms with van der Waals surface area (Å²) in [6.07, 6.45) is 6.28. The number of amides is 1.